The molecule has 18 heavy (non-hydrogen) atoms. The summed E-state index contributed by atoms with van der Waals surface area (Å²) in [7, 11) is 0. The van der Waals surface area contributed by atoms with Crippen LogP contribution in [0.5, 0.6) is 0 Å². The molecule has 0 aromatic rings. The quantitative estimate of drug-likeness (QED) is 0.333. The van der Waals surface area contributed by atoms with E-state index in [0.29, 0.717) is 6.42 Å². The fourth-order valence-corrected chi connectivity index (χ4v) is 1.33. The van der Waals surface area contributed by atoms with E-state index in [4.69, 9.17) is 9.47 Å². The van der Waals surface area contributed by atoms with Crippen LogP contribution in [0, 0.1) is 0 Å². The standard InChI is InChI=1S/C8H8Br6O4/c1-2-4(18-6(16)8(12,13)14)3-17-5(15)7(9,10)11/h4H,2-3H2,1H3. The molecule has 0 aromatic carbocycles. The minimum absolute atomic E-state index is 0.0330. The lowest BCUT2D eigenvalue weighted by Gasteiger charge is -2.20. The Balaban J connectivity index is 4.30. The number of halogens is 6. The SMILES string of the molecule is CCC(COC(=O)C(Br)(Br)Br)OC(=O)C(Br)(Br)Br. The summed E-state index contributed by atoms with van der Waals surface area (Å²) in [4.78, 5) is 23.0. The number of hydrogen-bond acceptors (Lipinski definition) is 4. The number of carbonyl (C=O) groups is 2. The molecule has 1 atom stereocenters. The molecule has 0 N–H and O–H groups in total. The highest BCUT2D eigenvalue weighted by Crippen LogP contribution is 2.36. The van der Waals surface area contributed by atoms with Gasteiger partial charge in [-0.15, -0.1) is 0 Å². The van der Waals surface area contributed by atoms with Crippen molar-refractivity contribution in [2.75, 3.05) is 6.61 Å². The molecule has 4 nitrogen and oxygen atoms in total. The predicted molar refractivity (Wildman–Crippen MR) is 90.2 cm³/mol. The topological polar surface area (TPSA) is 52.6 Å². The van der Waals surface area contributed by atoms with Gasteiger partial charge in [-0.1, -0.05) is 6.92 Å². The van der Waals surface area contributed by atoms with Gasteiger partial charge in [-0.2, -0.15) is 0 Å². The van der Waals surface area contributed by atoms with Gasteiger partial charge in [0.25, 0.3) is 0 Å². The van der Waals surface area contributed by atoms with Crippen molar-refractivity contribution in [1.82, 2.24) is 0 Å². The van der Waals surface area contributed by atoms with Gasteiger partial charge in [0.05, 0.1) is 0 Å². The van der Waals surface area contributed by atoms with Crippen molar-refractivity contribution in [3.8, 4) is 0 Å². The van der Waals surface area contributed by atoms with Gasteiger partial charge in [-0.05, 0) is 102 Å². The number of alkyl halides is 6. The van der Waals surface area contributed by atoms with Gasteiger partial charge in [0.1, 0.15) is 12.7 Å². The second kappa shape index (κ2) is 8.31. The first-order chi connectivity index (χ1) is 7.98. The summed E-state index contributed by atoms with van der Waals surface area (Å²) in [6.07, 6.45) is -0.00887. The lowest BCUT2D eigenvalue weighted by atomic mass is 10.3. The van der Waals surface area contributed by atoms with E-state index in [1.54, 1.807) is 0 Å². The van der Waals surface area contributed by atoms with Crippen LogP contribution in [0.2, 0.25) is 0 Å². The smallest absolute Gasteiger partial charge is 0.345 e. The van der Waals surface area contributed by atoms with Crippen molar-refractivity contribution in [2.24, 2.45) is 0 Å². The zero-order chi connectivity index (χ0) is 14.6. The largest absolute Gasteiger partial charge is 0.459 e. The Bertz CT molecular complexity index is 308. The molecule has 0 saturated heterocycles. The Morgan fingerprint density at radius 2 is 1.44 bits per heavy atom. The number of ether oxygens (including phenoxy) is 2. The maximum absolute atomic E-state index is 11.5. The average Bonchev–Trinajstić information content (AvgIpc) is 2.20. The molecular weight excluding hydrogens is 640 g/mol. The third kappa shape index (κ3) is 8.18. The second-order valence-corrected chi connectivity index (χ2v) is 16.6. The molecule has 0 bridgehead atoms. The maximum atomic E-state index is 11.5. The molecule has 0 aliphatic carbocycles. The number of esters is 2. The average molecular weight is 648 g/mol. The third-order valence-electron chi connectivity index (χ3n) is 1.59. The molecule has 10 heteroatoms. The van der Waals surface area contributed by atoms with Crippen molar-refractivity contribution in [2.45, 2.75) is 23.7 Å². The van der Waals surface area contributed by atoms with E-state index in [1.807, 2.05) is 6.92 Å². The molecule has 0 spiro atoms. The zero-order valence-corrected chi connectivity index (χ0v) is 18.4. The highest BCUT2D eigenvalue weighted by molar-refractivity contribution is 9.40. The van der Waals surface area contributed by atoms with Crippen LogP contribution in [0.15, 0.2) is 0 Å². The van der Waals surface area contributed by atoms with Gasteiger partial charge in [0.15, 0.2) is 0 Å². The van der Waals surface area contributed by atoms with Crippen LogP contribution in [0.25, 0.3) is 0 Å². The fraction of sp³-hybridized carbons (Fsp3) is 0.750. The highest BCUT2D eigenvalue weighted by Gasteiger charge is 2.34. The van der Waals surface area contributed by atoms with E-state index in [-0.39, 0.29) is 6.61 Å². The van der Waals surface area contributed by atoms with Gasteiger partial charge >= 0.3 is 11.9 Å². The molecule has 0 heterocycles. The van der Waals surface area contributed by atoms with Crippen molar-refractivity contribution < 1.29 is 19.1 Å². The van der Waals surface area contributed by atoms with Crippen molar-refractivity contribution in [1.29, 1.82) is 0 Å². The Morgan fingerprint density at radius 3 is 1.78 bits per heavy atom. The van der Waals surface area contributed by atoms with E-state index >= 15 is 0 Å². The highest BCUT2D eigenvalue weighted by atomic mass is 80.0. The summed E-state index contributed by atoms with van der Waals surface area (Å²) in [5, 5.41) is 0. The van der Waals surface area contributed by atoms with Gasteiger partial charge in [0.2, 0.25) is 4.29 Å². The van der Waals surface area contributed by atoms with Gasteiger partial charge < -0.3 is 9.47 Å². The van der Waals surface area contributed by atoms with Crippen LogP contribution in [-0.4, -0.2) is 28.9 Å². The predicted octanol–water partition coefficient (Wildman–Crippen LogP) is 4.53. The monoisotopic (exact) mass is 642 g/mol. The molecule has 0 rings (SSSR count). The summed E-state index contributed by atoms with van der Waals surface area (Å²) < 4.78 is 7.84. The van der Waals surface area contributed by atoms with Crippen LogP contribution >= 0.6 is 95.6 Å². The number of rotatable bonds is 4. The Labute approximate surface area is 155 Å². The molecule has 106 valence electrons. The van der Waals surface area contributed by atoms with E-state index in [9.17, 15) is 9.59 Å². The first kappa shape index (κ1) is 19.8. The molecule has 0 aliphatic rings. The van der Waals surface area contributed by atoms with Gasteiger partial charge in [-0.3, -0.25) is 0 Å². The summed E-state index contributed by atoms with van der Waals surface area (Å²) >= 11 is 18.2. The lowest BCUT2D eigenvalue weighted by molar-refractivity contribution is -0.156. The van der Waals surface area contributed by atoms with Crippen molar-refractivity contribution in [3.05, 3.63) is 0 Å². The maximum Gasteiger partial charge on any atom is 0.345 e. The van der Waals surface area contributed by atoms with Gasteiger partial charge in [-0.25, -0.2) is 9.59 Å². The zero-order valence-electron chi connectivity index (χ0n) is 8.89. The second-order valence-electron chi connectivity index (χ2n) is 3.03. The number of carbonyl (C=O) groups excluding carboxylic acids is 2. The minimum Gasteiger partial charge on any atom is -0.459 e. The lowest BCUT2D eigenvalue weighted by Crippen LogP contribution is -2.32. The Morgan fingerprint density at radius 1 is 1.00 bits per heavy atom. The Hall–Kier alpha value is 1.82. The van der Waals surface area contributed by atoms with Gasteiger partial charge in [0, 0.05) is 0 Å². The first-order valence-corrected chi connectivity index (χ1v) is 9.26. The third-order valence-corrected chi connectivity index (χ3v) is 3.53. The molecule has 0 amide bonds. The summed E-state index contributed by atoms with van der Waals surface area (Å²) in [6.45, 7) is 1.78. The van der Waals surface area contributed by atoms with E-state index in [1.165, 1.54) is 0 Å². The molecule has 0 fully saturated rings. The minimum atomic E-state index is -1.13. The molecule has 0 aromatic heterocycles. The van der Waals surface area contributed by atoms with Crippen LogP contribution in [0.1, 0.15) is 13.3 Å². The first-order valence-electron chi connectivity index (χ1n) is 4.50. The molecule has 1 unspecified atom stereocenters. The summed E-state index contributed by atoms with van der Waals surface area (Å²) in [5.74, 6) is -1.13. The van der Waals surface area contributed by atoms with E-state index in [0.717, 1.165) is 0 Å². The van der Waals surface area contributed by atoms with Crippen LogP contribution < -0.4 is 0 Å². The molecule has 0 saturated carbocycles. The summed E-state index contributed by atoms with van der Waals surface area (Å²) in [6, 6.07) is 0. The Kier molecular flexibility index (Phi) is 9.15. The van der Waals surface area contributed by atoms with Crippen molar-refractivity contribution in [3.63, 3.8) is 0 Å². The normalized spacial score (nSPS) is 13.9. The van der Waals surface area contributed by atoms with E-state index in [2.05, 4.69) is 95.6 Å². The van der Waals surface area contributed by atoms with E-state index < -0.39 is 22.3 Å². The van der Waals surface area contributed by atoms with Crippen LogP contribution in [0.4, 0.5) is 0 Å². The molecule has 0 radical (unpaired) electrons. The fourth-order valence-electron chi connectivity index (χ4n) is 0.704. The van der Waals surface area contributed by atoms with Crippen molar-refractivity contribution >= 4 is 108 Å². The number of hydrogen-bond donors (Lipinski definition) is 0. The molecular formula is C8H8Br6O4. The molecule has 0 aliphatic heterocycles. The summed E-state index contributed by atoms with van der Waals surface area (Å²) in [5.41, 5.74) is 0. The van der Waals surface area contributed by atoms with Crippen LogP contribution in [-0.2, 0) is 19.1 Å². The van der Waals surface area contributed by atoms with Crippen LogP contribution in [0.3, 0.4) is 0 Å².